The van der Waals surface area contributed by atoms with E-state index in [1.165, 1.54) is 0 Å². The second-order valence-electron chi connectivity index (χ2n) is 5.86. The second-order valence-corrected chi connectivity index (χ2v) is 5.86. The van der Waals surface area contributed by atoms with Crippen molar-refractivity contribution < 1.29 is 9.84 Å². The number of nitrogens with zero attached hydrogens (tertiary/aromatic N) is 4. The molecular formula is C18H28IN5O2. The van der Waals surface area contributed by atoms with E-state index < -0.39 is 6.10 Å². The predicted molar refractivity (Wildman–Crippen MR) is 114 cm³/mol. The molecule has 0 bridgehead atoms. The molecule has 0 spiro atoms. The van der Waals surface area contributed by atoms with Crippen LogP contribution in [0.2, 0.25) is 0 Å². The van der Waals surface area contributed by atoms with Crippen molar-refractivity contribution in [1.82, 2.24) is 20.0 Å². The zero-order chi connectivity index (χ0) is 18.2. The van der Waals surface area contributed by atoms with Gasteiger partial charge in [0.25, 0.3) is 0 Å². The number of aliphatic hydroxyl groups is 1. The highest BCUT2D eigenvalue weighted by molar-refractivity contribution is 14.0. The first-order valence-electron chi connectivity index (χ1n) is 8.32. The highest BCUT2D eigenvalue weighted by Crippen LogP contribution is 2.17. The molecule has 1 heterocycles. The van der Waals surface area contributed by atoms with Gasteiger partial charge >= 0.3 is 0 Å². The van der Waals surface area contributed by atoms with E-state index >= 15 is 0 Å². The molecular weight excluding hydrogens is 445 g/mol. The minimum absolute atomic E-state index is 0. The third-order valence-corrected chi connectivity index (χ3v) is 3.79. The number of benzene rings is 1. The summed E-state index contributed by atoms with van der Waals surface area (Å²) >= 11 is 0. The number of guanidine groups is 1. The monoisotopic (exact) mass is 473 g/mol. The fraction of sp³-hybridized carbons (Fsp3) is 0.444. The number of methoxy groups -OCH3 is 1. The van der Waals surface area contributed by atoms with E-state index in [0.29, 0.717) is 6.54 Å². The summed E-state index contributed by atoms with van der Waals surface area (Å²) in [5.74, 6) is 1.52. The fourth-order valence-electron chi connectivity index (χ4n) is 2.48. The Bertz CT molecular complexity index is 687. The van der Waals surface area contributed by atoms with E-state index in [9.17, 15) is 5.11 Å². The van der Waals surface area contributed by atoms with Gasteiger partial charge in [0, 0.05) is 38.9 Å². The van der Waals surface area contributed by atoms with Gasteiger partial charge in [0.15, 0.2) is 5.96 Å². The van der Waals surface area contributed by atoms with Crippen molar-refractivity contribution in [2.75, 3.05) is 27.2 Å². The minimum Gasteiger partial charge on any atom is -0.497 e. The number of rotatable bonds is 7. The molecule has 2 rings (SSSR count). The van der Waals surface area contributed by atoms with Gasteiger partial charge in [-0.2, -0.15) is 5.10 Å². The van der Waals surface area contributed by atoms with Crippen LogP contribution >= 0.6 is 24.0 Å². The third-order valence-electron chi connectivity index (χ3n) is 3.79. The van der Waals surface area contributed by atoms with Crippen LogP contribution in [0.3, 0.4) is 0 Å². The van der Waals surface area contributed by atoms with Crippen molar-refractivity contribution in [3.05, 3.63) is 47.8 Å². The fourth-order valence-corrected chi connectivity index (χ4v) is 2.48. The van der Waals surface area contributed by atoms with E-state index in [2.05, 4.69) is 15.4 Å². The van der Waals surface area contributed by atoms with Crippen LogP contribution in [0.4, 0.5) is 0 Å². The summed E-state index contributed by atoms with van der Waals surface area (Å²) in [7, 11) is 5.48. The Morgan fingerprint density at radius 1 is 1.38 bits per heavy atom. The Morgan fingerprint density at radius 2 is 2.08 bits per heavy atom. The molecule has 7 nitrogen and oxygen atoms in total. The number of halogens is 1. The molecule has 26 heavy (non-hydrogen) atoms. The van der Waals surface area contributed by atoms with Crippen molar-refractivity contribution in [2.45, 2.75) is 19.6 Å². The standard InChI is InChI=1S/C18H27N5O2.HI/c1-5-19-18(22(2)12-14-10-21-23(3)13-14)20-11-17(24)15-6-8-16(25-4)9-7-15;/h6-10,13,17,24H,5,11-12H2,1-4H3,(H,19,20);1H. The first-order chi connectivity index (χ1) is 12.0. The Kier molecular flexibility index (Phi) is 9.42. The highest BCUT2D eigenvalue weighted by atomic mass is 127. The number of aliphatic imine (C=N–C) groups is 1. The molecule has 144 valence electrons. The van der Waals surface area contributed by atoms with E-state index in [1.807, 2.05) is 62.6 Å². The lowest BCUT2D eigenvalue weighted by atomic mass is 10.1. The molecule has 8 heteroatoms. The normalized spacial score (nSPS) is 12.3. The molecule has 0 saturated heterocycles. The first-order valence-corrected chi connectivity index (χ1v) is 8.32. The second kappa shape index (κ2) is 11.0. The van der Waals surface area contributed by atoms with E-state index in [1.54, 1.807) is 11.8 Å². The Balaban J connectivity index is 0.00000338. The van der Waals surface area contributed by atoms with Gasteiger partial charge < -0.3 is 20.1 Å². The number of hydrogen-bond acceptors (Lipinski definition) is 4. The van der Waals surface area contributed by atoms with Gasteiger partial charge in [-0.15, -0.1) is 24.0 Å². The van der Waals surface area contributed by atoms with Crippen LogP contribution in [0.25, 0.3) is 0 Å². The molecule has 1 unspecified atom stereocenters. The summed E-state index contributed by atoms with van der Waals surface area (Å²) in [5, 5.41) is 17.8. The van der Waals surface area contributed by atoms with Crippen LogP contribution in [0.5, 0.6) is 5.75 Å². The van der Waals surface area contributed by atoms with Crippen molar-refractivity contribution >= 4 is 29.9 Å². The average molecular weight is 473 g/mol. The van der Waals surface area contributed by atoms with Crippen LogP contribution in [0.15, 0.2) is 41.7 Å². The number of nitrogens with one attached hydrogen (secondary N) is 1. The lowest BCUT2D eigenvalue weighted by Crippen LogP contribution is -2.38. The minimum atomic E-state index is -0.661. The van der Waals surface area contributed by atoms with Crippen LogP contribution < -0.4 is 10.1 Å². The maximum atomic E-state index is 10.4. The van der Waals surface area contributed by atoms with Gasteiger partial charge in [-0.05, 0) is 24.6 Å². The van der Waals surface area contributed by atoms with Crippen LogP contribution in [-0.2, 0) is 13.6 Å². The maximum Gasteiger partial charge on any atom is 0.194 e. The van der Waals surface area contributed by atoms with Gasteiger partial charge in [-0.1, -0.05) is 12.1 Å². The van der Waals surface area contributed by atoms with E-state index in [4.69, 9.17) is 4.74 Å². The topological polar surface area (TPSA) is 74.9 Å². The third kappa shape index (κ3) is 6.49. The van der Waals surface area contributed by atoms with Crippen LogP contribution in [-0.4, -0.2) is 53.0 Å². The number of hydrogen-bond donors (Lipinski definition) is 2. The van der Waals surface area contributed by atoms with Gasteiger partial charge in [0.2, 0.25) is 0 Å². The molecule has 2 aromatic rings. The SMILES string of the molecule is CCNC(=NCC(O)c1ccc(OC)cc1)N(C)Cc1cnn(C)c1.I. The Labute approximate surface area is 172 Å². The molecule has 0 saturated carbocycles. The van der Waals surface area contributed by atoms with Crippen molar-refractivity contribution in [1.29, 1.82) is 0 Å². The smallest absolute Gasteiger partial charge is 0.194 e. The van der Waals surface area contributed by atoms with Crippen molar-refractivity contribution in [3.8, 4) is 5.75 Å². The van der Waals surface area contributed by atoms with Gasteiger partial charge in [-0.25, -0.2) is 0 Å². The van der Waals surface area contributed by atoms with Gasteiger partial charge in [-0.3, -0.25) is 9.67 Å². The summed E-state index contributed by atoms with van der Waals surface area (Å²) in [6.07, 6.45) is 3.16. The quantitative estimate of drug-likeness (QED) is 0.367. The molecule has 1 aromatic carbocycles. The zero-order valence-electron chi connectivity index (χ0n) is 15.7. The summed E-state index contributed by atoms with van der Waals surface area (Å²) in [6, 6.07) is 7.38. The summed E-state index contributed by atoms with van der Waals surface area (Å²) < 4.78 is 6.91. The summed E-state index contributed by atoms with van der Waals surface area (Å²) in [4.78, 5) is 6.57. The number of aliphatic hydroxyl groups excluding tert-OH is 1. The van der Waals surface area contributed by atoms with Crippen LogP contribution in [0, 0.1) is 0 Å². The molecule has 0 amide bonds. The number of ether oxygens (including phenoxy) is 1. The molecule has 0 aliphatic rings. The Morgan fingerprint density at radius 3 is 2.62 bits per heavy atom. The lowest BCUT2D eigenvalue weighted by molar-refractivity contribution is 0.186. The van der Waals surface area contributed by atoms with E-state index in [0.717, 1.165) is 29.4 Å². The highest BCUT2D eigenvalue weighted by Gasteiger charge is 2.11. The lowest BCUT2D eigenvalue weighted by Gasteiger charge is -2.22. The molecule has 1 aromatic heterocycles. The molecule has 0 fully saturated rings. The molecule has 0 aliphatic carbocycles. The van der Waals surface area contributed by atoms with Gasteiger partial charge in [0.1, 0.15) is 5.75 Å². The molecule has 1 atom stereocenters. The summed E-state index contributed by atoms with van der Waals surface area (Å²) in [6.45, 7) is 3.76. The van der Waals surface area contributed by atoms with Crippen LogP contribution in [0.1, 0.15) is 24.2 Å². The molecule has 0 radical (unpaired) electrons. The number of aryl methyl sites for hydroxylation is 1. The average Bonchev–Trinajstić information content (AvgIpc) is 3.03. The largest absolute Gasteiger partial charge is 0.497 e. The predicted octanol–water partition coefficient (Wildman–Crippen LogP) is 2.18. The molecule has 2 N–H and O–H groups in total. The maximum absolute atomic E-state index is 10.4. The van der Waals surface area contributed by atoms with Gasteiger partial charge in [0.05, 0.1) is 26.0 Å². The first kappa shape index (κ1) is 22.2. The Hall–Kier alpha value is -1.81. The zero-order valence-corrected chi connectivity index (χ0v) is 18.0. The van der Waals surface area contributed by atoms with Crippen molar-refractivity contribution in [2.24, 2.45) is 12.0 Å². The van der Waals surface area contributed by atoms with Crippen molar-refractivity contribution in [3.63, 3.8) is 0 Å². The summed E-state index contributed by atoms with van der Waals surface area (Å²) in [5.41, 5.74) is 1.92. The number of aromatic nitrogens is 2. The molecule has 0 aliphatic heterocycles. The van der Waals surface area contributed by atoms with E-state index in [-0.39, 0.29) is 30.5 Å².